The number of amides is 1. The first-order valence-electron chi connectivity index (χ1n) is 9.53. The molecule has 1 aromatic heterocycles. The number of benzene rings is 2. The predicted molar refractivity (Wildman–Crippen MR) is 110 cm³/mol. The third-order valence-corrected chi connectivity index (χ3v) is 5.72. The molecular formula is C22H20F2N2O3S. The Balaban J connectivity index is 1.47. The van der Waals surface area contributed by atoms with E-state index in [2.05, 4.69) is 10.3 Å². The van der Waals surface area contributed by atoms with Gasteiger partial charge in [-0.05, 0) is 49.1 Å². The van der Waals surface area contributed by atoms with Gasteiger partial charge < -0.3 is 14.8 Å². The van der Waals surface area contributed by atoms with Gasteiger partial charge in [0.25, 0.3) is 5.91 Å². The van der Waals surface area contributed by atoms with Crippen molar-refractivity contribution in [2.45, 2.75) is 19.4 Å². The Labute approximate surface area is 176 Å². The average Bonchev–Trinajstić information content (AvgIpc) is 3.45. The van der Waals surface area contributed by atoms with E-state index in [0.29, 0.717) is 34.7 Å². The maximum absolute atomic E-state index is 13.8. The third kappa shape index (κ3) is 4.59. The van der Waals surface area contributed by atoms with Crippen LogP contribution in [0, 0.1) is 17.6 Å². The van der Waals surface area contributed by atoms with E-state index in [1.807, 2.05) is 0 Å². The van der Waals surface area contributed by atoms with Crippen molar-refractivity contribution in [2.24, 2.45) is 5.92 Å². The van der Waals surface area contributed by atoms with Crippen LogP contribution in [0.2, 0.25) is 0 Å². The topological polar surface area (TPSA) is 60.5 Å². The molecule has 0 aliphatic heterocycles. The third-order valence-electron chi connectivity index (χ3n) is 4.83. The molecule has 2 aromatic carbocycles. The van der Waals surface area contributed by atoms with Gasteiger partial charge in [-0.3, -0.25) is 4.79 Å². The maximum Gasteiger partial charge on any atom is 0.270 e. The van der Waals surface area contributed by atoms with Crippen LogP contribution in [0.1, 0.15) is 28.9 Å². The Bertz CT molecular complexity index is 1050. The molecule has 0 radical (unpaired) electrons. The standard InChI is InChI=1S/C22H20F2N2O3S/c1-28-20-9-14(22-26-18(12-30-22)21(27)25-10-13-5-6-13)7-8-19(20)29-11-15-16(23)3-2-4-17(15)24/h2-4,7-9,12-13H,5-6,10-11H2,1H3,(H,25,27). The fourth-order valence-corrected chi connectivity index (χ4v) is 3.70. The smallest absolute Gasteiger partial charge is 0.270 e. The highest BCUT2D eigenvalue weighted by Crippen LogP contribution is 2.34. The molecular weight excluding hydrogens is 410 g/mol. The van der Waals surface area contributed by atoms with Crippen LogP contribution in [0.25, 0.3) is 10.6 Å². The number of rotatable bonds is 8. The molecule has 1 heterocycles. The summed E-state index contributed by atoms with van der Waals surface area (Å²) in [5, 5.41) is 5.28. The predicted octanol–water partition coefficient (Wildman–Crippen LogP) is 4.82. The lowest BCUT2D eigenvalue weighted by Crippen LogP contribution is -2.25. The van der Waals surface area contributed by atoms with Crippen molar-refractivity contribution in [2.75, 3.05) is 13.7 Å². The van der Waals surface area contributed by atoms with Gasteiger partial charge in [-0.25, -0.2) is 13.8 Å². The van der Waals surface area contributed by atoms with Crippen LogP contribution < -0.4 is 14.8 Å². The fourth-order valence-electron chi connectivity index (χ4n) is 2.90. The first-order chi connectivity index (χ1) is 14.5. The summed E-state index contributed by atoms with van der Waals surface area (Å²) in [5.74, 6) is -0.159. The summed E-state index contributed by atoms with van der Waals surface area (Å²) in [6.07, 6.45) is 2.33. The van der Waals surface area contributed by atoms with Gasteiger partial charge in [0, 0.05) is 17.5 Å². The molecule has 1 saturated carbocycles. The molecule has 5 nitrogen and oxygen atoms in total. The Morgan fingerprint density at radius 3 is 2.67 bits per heavy atom. The number of aromatic nitrogens is 1. The minimum atomic E-state index is -0.666. The first kappa shape index (κ1) is 20.3. The normalized spacial score (nSPS) is 13.2. The van der Waals surface area contributed by atoms with Gasteiger partial charge >= 0.3 is 0 Å². The number of carbonyl (C=O) groups is 1. The lowest BCUT2D eigenvalue weighted by molar-refractivity contribution is 0.0947. The largest absolute Gasteiger partial charge is 0.493 e. The molecule has 0 bridgehead atoms. The molecule has 30 heavy (non-hydrogen) atoms. The quantitative estimate of drug-likeness (QED) is 0.557. The lowest BCUT2D eigenvalue weighted by atomic mass is 10.2. The van der Waals surface area contributed by atoms with E-state index in [1.54, 1.807) is 23.6 Å². The summed E-state index contributed by atoms with van der Waals surface area (Å²) in [7, 11) is 1.48. The molecule has 156 valence electrons. The minimum Gasteiger partial charge on any atom is -0.493 e. The van der Waals surface area contributed by atoms with Gasteiger partial charge in [0.2, 0.25) is 0 Å². The second-order valence-corrected chi connectivity index (χ2v) is 7.90. The lowest BCUT2D eigenvalue weighted by Gasteiger charge is -2.12. The van der Waals surface area contributed by atoms with Gasteiger partial charge in [-0.1, -0.05) is 6.07 Å². The molecule has 3 aromatic rings. The zero-order valence-corrected chi connectivity index (χ0v) is 17.1. The number of nitrogens with zero attached hydrogens (tertiary/aromatic N) is 1. The summed E-state index contributed by atoms with van der Waals surface area (Å²) in [4.78, 5) is 16.6. The van der Waals surface area contributed by atoms with Crippen molar-refractivity contribution in [1.82, 2.24) is 10.3 Å². The molecule has 4 rings (SSSR count). The average molecular weight is 430 g/mol. The first-order valence-corrected chi connectivity index (χ1v) is 10.4. The number of methoxy groups -OCH3 is 1. The molecule has 0 unspecified atom stereocenters. The highest BCUT2D eigenvalue weighted by atomic mass is 32.1. The summed E-state index contributed by atoms with van der Waals surface area (Å²) >= 11 is 1.35. The second-order valence-electron chi connectivity index (χ2n) is 7.05. The van der Waals surface area contributed by atoms with E-state index in [9.17, 15) is 13.6 Å². The van der Waals surface area contributed by atoms with E-state index < -0.39 is 11.6 Å². The minimum absolute atomic E-state index is 0.148. The Hall–Kier alpha value is -3.00. The van der Waals surface area contributed by atoms with Crippen LogP contribution in [-0.2, 0) is 6.61 Å². The van der Waals surface area contributed by atoms with Gasteiger partial charge in [-0.15, -0.1) is 11.3 Å². The van der Waals surface area contributed by atoms with Crippen molar-refractivity contribution in [3.63, 3.8) is 0 Å². The number of hydrogen-bond acceptors (Lipinski definition) is 5. The molecule has 8 heteroatoms. The van der Waals surface area contributed by atoms with Crippen molar-refractivity contribution in [3.8, 4) is 22.1 Å². The summed E-state index contributed by atoms with van der Waals surface area (Å²) in [5.41, 5.74) is 0.984. The monoisotopic (exact) mass is 430 g/mol. The summed E-state index contributed by atoms with van der Waals surface area (Å²) < 4.78 is 38.6. The molecule has 1 fully saturated rings. The second kappa shape index (κ2) is 8.79. The summed E-state index contributed by atoms with van der Waals surface area (Å²) in [6.45, 7) is 0.422. The number of nitrogens with one attached hydrogen (secondary N) is 1. The SMILES string of the molecule is COc1cc(-c2nc(C(=O)NCC3CC3)cs2)ccc1OCc1c(F)cccc1F. The maximum atomic E-state index is 13.8. The van der Waals surface area contributed by atoms with Gasteiger partial charge in [0.15, 0.2) is 11.5 Å². The molecule has 1 aliphatic rings. The van der Waals surface area contributed by atoms with Crippen LogP contribution in [0.15, 0.2) is 41.8 Å². The van der Waals surface area contributed by atoms with Crippen LogP contribution in [0.4, 0.5) is 8.78 Å². The number of carbonyl (C=O) groups excluding carboxylic acids is 1. The Morgan fingerprint density at radius 1 is 1.20 bits per heavy atom. The van der Waals surface area contributed by atoms with Crippen molar-refractivity contribution in [3.05, 3.63) is 64.7 Å². The van der Waals surface area contributed by atoms with E-state index in [0.717, 1.165) is 5.56 Å². The molecule has 0 atom stereocenters. The molecule has 0 spiro atoms. The van der Waals surface area contributed by atoms with Crippen LogP contribution >= 0.6 is 11.3 Å². The highest BCUT2D eigenvalue weighted by molar-refractivity contribution is 7.13. The van der Waals surface area contributed by atoms with E-state index >= 15 is 0 Å². The zero-order valence-electron chi connectivity index (χ0n) is 16.3. The number of hydrogen-bond donors (Lipinski definition) is 1. The molecule has 1 aliphatic carbocycles. The highest BCUT2D eigenvalue weighted by Gasteiger charge is 2.22. The molecule has 1 amide bonds. The van der Waals surface area contributed by atoms with Crippen LogP contribution in [0.3, 0.4) is 0 Å². The fraction of sp³-hybridized carbons (Fsp3) is 0.273. The zero-order chi connectivity index (χ0) is 21.1. The molecule has 1 N–H and O–H groups in total. The summed E-state index contributed by atoms with van der Waals surface area (Å²) in [6, 6.07) is 8.81. The van der Waals surface area contributed by atoms with Crippen molar-refractivity contribution >= 4 is 17.2 Å². The number of halogens is 2. The Kier molecular flexibility index (Phi) is 5.94. The van der Waals surface area contributed by atoms with Gasteiger partial charge in [0.05, 0.1) is 12.7 Å². The van der Waals surface area contributed by atoms with Gasteiger partial charge in [-0.2, -0.15) is 0 Å². The van der Waals surface area contributed by atoms with Crippen LogP contribution in [0.5, 0.6) is 11.5 Å². The van der Waals surface area contributed by atoms with E-state index in [4.69, 9.17) is 9.47 Å². The number of thiazole rings is 1. The van der Waals surface area contributed by atoms with Crippen LogP contribution in [-0.4, -0.2) is 24.5 Å². The Morgan fingerprint density at radius 2 is 1.97 bits per heavy atom. The van der Waals surface area contributed by atoms with Gasteiger partial charge in [0.1, 0.15) is 28.9 Å². The molecule has 0 saturated heterocycles. The van der Waals surface area contributed by atoms with Crippen molar-refractivity contribution in [1.29, 1.82) is 0 Å². The van der Waals surface area contributed by atoms with Crippen molar-refractivity contribution < 1.29 is 23.0 Å². The van der Waals surface area contributed by atoms with E-state index in [-0.39, 0.29) is 18.1 Å². The van der Waals surface area contributed by atoms with E-state index in [1.165, 1.54) is 49.5 Å². The number of ether oxygens (including phenoxy) is 2.